The quantitative estimate of drug-likeness (QED) is 0.438. The molecule has 0 aromatic carbocycles. The van der Waals surface area contributed by atoms with Crippen molar-refractivity contribution in [3.05, 3.63) is 12.7 Å². The summed E-state index contributed by atoms with van der Waals surface area (Å²) in [6, 6.07) is 0. The molecule has 0 radical (unpaired) electrons. The fraction of sp³-hybridized carbons (Fsp3) is 0.818. The van der Waals surface area contributed by atoms with E-state index in [1.165, 1.54) is 32.1 Å². The minimum atomic E-state index is -0.281. The van der Waals surface area contributed by atoms with Crippen LogP contribution >= 0.6 is 0 Å². The van der Waals surface area contributed by atoms with Gasteiger partial charge in [-0.25, -0.2) is 0 Å². The molecule has 0 rings (SSSR count). The molecule has 1 heteroatoms. The first kappa shape index (κ1) is 11.7. The molecular weight excluding hydrogens is 148 g/mol. The summed E-state index contributed by atoms with van der Waals surface area (Å²) < 4.78 is 0. The number of aliphatic hydroxyl groups is 1. The molecule has 0 bridgehead atoms. The number of aliphatic hydroxyl groups excluding tert-OH is 1. The van der Waals surface area contributed by atoms with Gasteiger partial charge in [0.15, 0.2) is 0 Å². The summed E-state index contributed by atoms with van der Waals surface area (Å²) in [5.74, 6) is 0. The van der Waals surface area contributed by atoms with Crippen molar-refractivity contribution in [3.8, 4) is 0 Å². The van der Waals surface area contributed by atoms with Crippen LogP contribution in [0.15, 0.2) is 12.7 Å². The van der Waals surface area contributed by atoms with Crippen molar-refractivity contribution in [2.75, 3.05) is 0 Å². The lowest BCUT2D eigenvalue weighted by Crippen LogP contribution is -2.00. The highest BCUT2D eigenvalue weighted by Gasteiger charge is 1.96. The van der Waals surface area contributed by atoms with E-state index in [0.29, 0.717) is 0 Å². The Labute approximate surface area is 76.5 Å². The predicted octanol–water partition coefficient (Wildman–Crippen LogP) is 3.28. The second-order valence-corrected chi connectivity index (χ2v) is 3.36. The Balaban J connectivity index is 2.95. The van der Waals surface area contributed by atoms with Gasteiger partial charge in [0.1, 0.15) is 0 Å². The van der Waals surface area contributed by atoms with E-state index in [9.17, 15) is 0 Å². The van der Waals surface area contributed by atoms with Crippen LogP contribution in [0.3, 0.4) is 0 Å². The first-order chi connectivity index (χ1) is 5.81. The third-order valence-electron chi connectivity index (χ3n) is 2.13. The highest BCUT2D eigenvalue weighted by molar-refractivity contribution is 4.77. The van der Waals surface area contributed by atoms with E-state index in [1.807, 2.05) is 0 Å². The molecule has 0 amide bonds. The zero-order valence-corrected chi connectivity index (χ0v) is 8.26. The molecule has 0 aliphatic heterocycles. The van der Waals surface area contributed by atoms with Crippen molar-refractivity contribution in [3.63, 3.8) is 0 Å². The third kappa shape index (κ3) is 7.80. The maximum absolute atomic E-state index is 9.14. The topological polar surface area (TPSA) is 20.2 Å². The van der Waals surface area contributed by atoms with Crippen LogP contribution in [0.25, 0.3) is 0 Å². The van der Waals surface area contributed by atoms with Gasteiger partial charge in [-0.15, -0.1) is 6.58 Å². The number of unbranched alkanes of at least 4 members (excludes halogenated alkanes) is 5. The minimum Gasteiger partial charge on any atom is -0.389 e. The van der Waals surface area contributed by atoms with Gasteiger partial charge in [-0.2, -0.15) is 0 Å². The zero-order valence-electron chi connectivity index (χ0n) is 8.26. The van der Waals surface area contributed by atoms with E-state index < -0.39 is 0 Å². The van der Waals surface area contributed by atoms with Crippen LogP contribution < -0.4 is 0 Å². The first-order valence-electron chi connectivity index (χ1n) is 5.12. The van der Waals surface area contributed by atoms with Gasteiger partial charge in [0.05, 0.1) is 6.10 Å². The molecule has 0 spiro atoms. The van der Waals surface area contributed by atoms with E-state index in [2.05, 4.69) is 13.5 Å². The van der Waals surface area contributed by atoms with Crippen LogP contribution in [0.4, 0.5) is 0 Å². The second-order valence-electron chi connectivity index (χ2n) is 3.36. The molecule has 0 aliphatic carbocycles. The summed E-state index contributed by atoms with van der Waals surface area (Å²) >= 11 is 0. The van der Waals surface area contributed by atoms with E-state index in [4.69, 9.17) is 5.11 Å². The van der Waals surface area contributed by atoms with Crippen LogP contribution in [0.2, 0.25) is 0 Å². The molecule has 0 aromatic rings. The molecule has 1 N–H and O–H groups in total. The predicted molar refractivity (Wildman–Crippen MR) is 54.2 cm³/mol. The van der Waals surface area contributed by atoms with E-state index >= 15 is 0 Å². The van der Waals surface area contributed by atoms with Gasteiger partial charge < -0.3 is 5.11 Å². The highest BCUT2D eigenvalue weighted by atomic mass is 16.3. The minimum absolute atomic E-state index is 0.281. The molecule has 1 unspecified atom stereocenters. The van der Waals surface area contributed by atoms with Crippen molar-refractivity contribution in [1.82, 2.24) is 0 Å². The van der Waals surface area contributed by atoms with Gasteiger partial charge in [0.25, 0.3) is 0 Å². The molecule has 0 fully saturated rings. The normalized spacial score (nSPS) is 12.8. The Morgan fingerprint density at radius 3 is 2.33 bits per heavy atom. The average molecular weight is 170 g/mol. The van der Waals surface area contributed by atoms with Gasteiger partial charge in [-0.1, -0.05) is 51.5 Å². The van der Waals surface area contributed by atoms with E-state index in [-0.39, 0.29) is 6.10 Å². The Kier molecular flexibility index (Phi) is 8.57. The molecule has 0 saturated carbocycles. The Bertz CT molecular complexity index is 99.2. The molecule has 1 atom stereocenters. The van der Waals surface area contributed by atoms with Gasteiger partial charge >= 0.3 is 0 Å². The number of hydrogen-bond donors (Lipinski definition) is 1. The fourth-order valence-corrected chi connectivity index (χ4v) is 1.25. The standard InChI is InChI=1S/C11H22O/c1-3-5-6-7-8-9-10-11(12)4-2/h4,11-12H,2-3,5-10H2,1H3. The van der Waals surface area contributed by atoms with E-state index in [0.717, 1.165) is 12.8 Å². The van der Waals surface area contributed by atoms with Gasteiger partial charge in [0.2, 0.25) is 0 Å². The van der Waals surface area contributed by atoms with Gasteiger partial charge in [-0.05, 0) is 6.42 Å². The maximum atomic E-state index is 9.14. The Morgan fingerprint density at radius 2 is 1.75 bits per heavy atom. The van der Waals surface area contributed by atoms with Crippen LogP contribution in [0.1, 0.15) is 51.9 Å². The maximum Gasteiger partial charge on any atom is 0.0718 e. The van der Waals surface area contributed by atoms with E-state index in [1.54, 1.807) is 6.08 Å². The lowest BCUT2D eigenvalue weighted by atomic mass is 10.1. The molecule has 0 aliphatic rings. The molecule has 0 heterocycles. The highest BCUT2D eigenvalue weighted by Crippen LogP contribution is 2.08. The van der Waals surface area contributed by atoms with Gasteiger partial charge in [-0.3, -0.25) is 0 Å². The molecule has 1 nitrogen and oxygen atoms in total. The SMILES string of the molecule is C=CC(O)CCCCCCCC. The van der Waals surface area contributed by atoms with Crippen LogP contribution in [-0.2, 0) is 0 Å². The number of rotatable bonds is 8. The van der Waals surface area contributed by atoms with Crippen molar-refractivity contribution in [2.45, 2.75) is 58.0 Å². The summed E-state index contributed by atoms with van der Waals surface area (Å²) in [7, 11) is 0. The lowest BCUT2D eigenvalue weighted by molar-refractivity contribution is 0.208. The van der Waals surface area contributed by atoms with Crippen molar-refractivity contribution in [1.29, 1.82) is 0 Å². The molecule has 0 aromatic heterocycles. The molecule has 72 valence electrons. The monoisotopic (exact) mass is 170 g/mol. The summed E-state index contributed by atoms with van der Waals surface area (Å²) in [5.41, 5.74) is 0. The zero-order chi connectivity index (χ0) is 9.23. The molecular formula is C11H22O. The second kappa shape index (κ2) is 8.79. The van der Waals surface area contributed by atoms with Gasteiger partial charge in [0, 0.05) is 0 Å². The fourth-order valence-electron chi connectivity index (χ4n) is 1.25. The first-order valence-corrected chi connectivity index (χ1v) is 5.12. The largest absolute Gasteiger partial charge is 0.389 e. The summed E-state index contributed by atoms with van der Waals surface area (Å²) in [6.45, 7) is 5.76. The summed E-state index contributed by atoms with van der Waals surface area (Å²) in [6.07, 6.45) is 9.93. The van der Waals surface area contributed by atoms with Crippen molar-refractivity contribution in [2.24, 2.45) is 0 Å². The van der Waals surface area contributed by atoms with Crippen molar-refractivity contribution < 1.29 is 5.11 Å². The lowest BCUT2D eigenvalue weighted by Gasteiger charge is -2.03. The Morgan fingerprint density at radius 1 is 1.17 bits per heavy atom. The molecule has 12 heavy (non-hydrogen) atoms. The van der Waals surface area contributed by atoms with Crippen LogP contribution in [0, 0.1) is 0 Å². The third-order valence-corrected chi connectivity index (χ3v) is 2.13. The smallest absolute Gasteiger partial charge is 0.0718 e. The molecule has 0 saturated heterocycles. The van der Waals surface area contributed by atoms with Crippen molar-refractivity contribution >= 4 is 0 Å². The Hall–Kier alpha value is -0.300. The van der Waals surface area contributed by atoms with Crippen LogP contribution in [-0.4, -0.2) is 11.2 Å². The number of hydrogen-bond acceptors (Lipinski definition) is 1. The summed E-state index contributed by atoms with van der Waals surface area (Å²) in [4.78, 5) is 0. The average Bonchev–Trinajstić information content (AvgIpc) is 2.10. The van der Waals surface area contributed by atoms with Crippen LogP contribution in [0.5, 0.6) is 0 Å². The summed E-state index contributed by atoms with van der Waals surface area (Å²) in [5, 5.41) is 9.14.